The fourth-order valence-corrected chi connectivity index (χ4v) is 5.38. The van der Waals surface area contributed by atoms with Crippen LogP contribution in [0.25, 0.3) is 16.2 Å². The predicted octanol–water partition coefficient (Wildman–Crippen LogP) is 4.66. The fraction of sp³-hybridized carbons (Fsp3) is 0.500. The van der Waals surface area contributed by atoms with Crippen molar-refractivity contribution in [3.63, 3.8) is 0 Å². The number of hydrogen-bond acceptors (Lipinski definition) is 7. The van der Waals surface area contributed by atoms with E-state index < -0.39 is 12.0 Å². The summed E-state index contributed by atoms with van der Waals surface area (Å²) in [5.74, 6) is 0.371. The summed E-state index contributed by atoms with van der Waals surface area (Å²) in [6.45, 7) is 8.41. The number of benzene rings is 1. The van der Waals surface area contributed by atoms with Crippen LogP contribution in [-0.2, 0) is 4.74 Å². The Morgan fingerprint density at radius 1 is 1.12 bits per heavy atom. The van der Waals surface area contributed by atoms with Gasteiger partial charge in [-0.3, -0.25) is 0 Å². The molecule has 8 nitrogen and oxygen atoms in total. The largest absolute Gasteiger partial charge is 0.573 e. The van der Waals surface area contributed by atoms with Gasteiger partial charge in [0.15, 0.2) is 0 Å². The van der Waals surface area contributed by atoms with E-state index in [0.29, 0.717) is 41.1 Å². The molecule has 12 heteroatoms. The van der Waals surface area contributed by atoms with Crippen molar-refractivity contribution in [2.45, 2.75) is 32.7 Å². The van der Waals surface area contributed by atoms with Crippen LogP contribution in [0.4, 0.5) is 23.1 Å². The number of fused-ring (bicyclic) bond motifs is 2. The average Bonchev–Trinajstić information content (AvgIpc) is 3.44. The first-order valence-corrected chi connectivity index (χ1v) is 11.7. The summed E-state index contributed by atoms with van der Waals surface area (Å²) in [6.07, 6.45) is -3.44. The second-order valence-electron chi connectivity index (χ2n) is 9.61. The van der Waals surface area contributed by atoms with Gasteiger partial charge in [0.25, 0.3) is 0 Å². The first-order chi connectivity index (χ1) is 15.9. The molecule has 0 N–H and O–H groups in total. The minimum Gasteiger partial charge on any atom is -0.444 e. The summed E-state index contributed by atoms with van der Waals surface area (Å²) >= 11 is 1.43. The highest BCUT2D eigenvalue weighted by Gasteiger charge is 2.43. The van der Waals surface area contributed by atoms with Crippen molar-refractivity contribution >= 4 is 27.5 Å². The smallest absolute Gasteiger partial charge is 0.444 e. The zero-order valence-electron chi connectivity index (χ0n) is 18.9. The maximum absolute atomic E-state index is 12.6. The lowest BCUT2D eigenvalue weighted by molar-refractivity contribution is -0.274. The molecule has 3 aromatic rings. The number of anilines is 1. The van der Waals surface area contributed by atoms with Crippen LogP contribution in [-0.4, -0.2) is 63.7 Å². The van der Waals surface area contributed by atoms with Gasteiger partial charge < -0.3 is 19.3 Å². The van der Waals surface area contributed by atoms with Gasteiger partial charge in [0.05, 0.1) is 11.9 Å². The number of carbonyl (C=O) groups is 1. The number of aromatic nitrogens is 3. The van der Waals surface area contributed by atoms with Crippen LogP contribution in [0.2, 0.25) is 0 Å². The molecule has 1 aromatic carbocycles. The second-order valence-corrected chi connectivity index (χ2v) is 10.5. The van der Waals surface area contributed by atoms with Gasteiger partial charge in [-0.05, 0) is 32.9 Å². The van der Waals surface area contributed by atoms with Crippen LogP contribution in [0, 0.1) is 11.8 Å². The molecule has 34 heavy (non-hydrogen) atoms. The van der Waals surface area contributed by atoms with Crippen molar-refractivity contribution in [2.75, 3.05) is 31.1 Å². The summed E-state index contributed by atoms with van der Waals surface area (Å²) in [5, 5.41) is 5.49. The summed E-state index contributed by atoms with van der Waals surface area (Å²) in [6, 6.07) is 5.77. The normalized spacial score (nSPS) is 20.8. The molecule has 2 aliphatic rings. The number of imidazole rings is 1. The molecule has 2 aliphatic heterocycles. The van der Waals surface area contributed by atoms with Crippen LogP contribution < -0.4 is 9.64 Å². The van der Waals surface area contributed by atoms with E-state index in [1.165, 1.54) is 29.5 Å². The van der Waals surface area contributed by atoms with Crippen molar-refractivity contribution in [1.82, 2.24) is 19.5 Å². The molecule has 0 saturated carbocycles. The lowest BCUT2D eigenvalue weighted by Crippen LogP contribution is -2.37. The number of alkyl halides is 3. The fourth-order valence-electron chi connectivity index (χ4n) is 4.48. The standard InChI is InChI=1S/C22H24F3N5O3S/c1-21(2,3)33-20(31)29-11-14-9-28(10-15(14)12-29)19-27-30-17(8-26-18(30)34-19)13-5-4-6-16(7-13)32-22(23,24)25/h4-8,14-15H,9-12H2,1-3H3/t14-,15+. The summed E-state index contributed by atoms with van der Waals surface area (Å²) < 4.78 is 49.0. The van der Waals surface area contributed by atoms with Crippen LogP contribution in [0.15, 0.2) is 30.5 Å². The monoisotopic (exact) mass is 495 g/mol. The quantitative estimate of drug-likeness (QED) is 0.526. The Balaban J connectivity index is 1.30. The van der Waals surface area contributed by atoms with Gasteiger partial charge in [0, 0.05) is 43.6 Å². The third-order valence-electron chi connectivity index (χ3n) is 5.85. The van der Waals surface area contributed by atoms with E-state index in [1.54, 1.807) is 21.7 Å². The average molecular weight is 496 g/mol. The van der Waals surface area contributed by atoms with E-state index >= 15 is 0 Å². The molecule has 0 bridgehead atoms. The van der Waals surface area contributed by atoms with Crippen LogP contribution >= 0.6 is 11.3 Å². The summed E-state index contributed by atoms with van der Waals surface area (Å²) in [5.41, 5.74) is 0.588. The molecule has 0 aliphatic carbocycles. The molecule has 4 heterocycles. The van der Waals surface area contributed by atoms with Crippen LogP contribution in [0.5, 0.6) is 5.75 Å². The zero-order valence-corrected chi connectivity index (χ0v) is 19.7. The van der Waals surface area contributed by atoms with E-state index in [9.17, 15) is 18.0 Å². The number of ether oxygens (including phenoxy) is 2. The first-order valence-electron chi connectivity index (χ1n) is 10.9. The molecule has 0 unspecified atom stereocenters. The Morgan fingerprint density at radius 2 is 1.82 bits per heavy atom. The van der Waals surface area contributed by atoms with Crippen molar-refractivity contribution in [2.24, 2.45) is 11.8 Å². The minimum absolute atomic E-state index is 0.275. The van der Waals surface area contributed by atoms with Gasteiger partial charge in [0.2, 0.25) is 10.1 Å². The third-order valence-corrected chi connectivity index (χ3v) is 6.83. The number of amides is 1. The molecule has 2 atom stereocenters. The highest BCUT2D eigenvalue weighted by atomic mass is 32.1. The first kappa shape index (κ1) is 22.8. The number of hydrogen-bond donors (Lipinski definition) is 0. The Hall–Kier alpha value is -3.02. The Kier molecular flexibility index (Phi) is 5.38. The SMILES string of the molecule is CC(C)(C)OC(=O)N1C[C@@H]2CN(c3nn4c(-c5cccc(OC(F)(F)F)c5)cnc4s3)C[C@@H]2C1. The molecule has 5 rings (SSSR count). The van der Waals surface area contributed by atoms with Crippen molar-refractivity contribution in [3.8, 4) is 17.0 Å². The van der Waals surface area contributed by atoms with Crippen molar-refractivity contribution in [3.05, 3.63) is 30.5 Å². The summed E-state index contributed by atoms with van der Waals surface area (Å²) in [4.78, 5) is 21.4. The Bertz CT molecular complexity index is 1200. The molecular weight excluding hydrogens is 471 g/mol. The lowest BCUT2D eigenvalue weighted by Gasteiger charge is -2.25. The van der Waals surface area contributed by atoms with Gasteiger partial charge in [-0.25, -0.2) is 14.3 Å². The van der Waals surface area contributed by atoms with E-state index in [0.717, 1.165) is 18.2 Å². The molecule has 2 fully saturated rings. The minimum atomic E-state index is -4.76. The van der Waals surface area contributed by atoms with Crippen molar-refractivity contribution < 1.29 is 27.4 Å². The van der Waals surface area contributed by atoms with E-state index in [2.05, 4.69) is 14.6 Å². The molecule has 182 valence electrons. The summed E-state index contributed by atoms with van der Waals surface area (Å²) in [7, 11) is 0. The molecule has 0 spiro atoms. The van der Waals surface area contributed by atoms with Gasteiger partial charge >= 0.3 is 12.5 Å². The van der Waals surface area contributed by atoms with Crippen LogP contribution in [0.3, 0.4) is 0 Å². The van der Waals surface area contributed by atoms with E-state index in [-0.39, 0.29) is 11.8 Å². The molecule has 1 amide bonds. The third kappa shape index (κ3) is 4.63. The van der Waals surface area contributed by atoms with Crippen LogP contribution in [0.1, 0.15) is 20.8 Å². The lowest BCUT2D eigenvalue weighted by atomic mass is 10.0. The van der Waals surface area contributed by atoms with E-state index in [1.807, 2.05) is 20.8 Å². The van der Waals surface area contributed by atoms with Gasteiger partial charge in [-0.2, -0.15) is 0 Å². The van der Waals surface area contributed by atoms with Gasteiger partial charge in [-0.15, -0.1) is 18.3 Å². The molecule has 2 saturated heterocycles. The van der Waals surface area contributed by atoms with Gasteiger partial charge in [-0.1, -0.05) is 23.5 Å². The highest BCUT2D eigenvalue weighted by Crippen LogP contribution is 2.37. The molecule has 2 aromatic heterocycles. The topological polar surface area (TPSA) is 72.2 Å². The maximum atomic E-state index is 12.6. The number of likely N-dealkylation sites (tertiary alicyclic amines) is 1. The number of carbonyl (C=O) groups excluding carboxylic acids is 1. The maximum Gasteiger partial charge on any atom is 0.573 e. The Morgan fingerprint density at radius 3 is 2.47 bits per heavy atom. The van der Waals surface area contributed by atoms with Crippen molar-refractivity contribution in [1.29, 1.82) is 0 Å². The van der Waals surface area contributed by atoms with Gasteiger partial charge in [0.1, 0.15) is 11.4 Å². The van der Waals surface area contributed by atoms with E-state index in [4.69, 9.17) is 9.84 Å². The zero-order chi connectivity index (χ0) is 24.3. The Labute approximate surface area is 197 Å². The number of nitrogens with zero attached hydrogens (tertiary/aromatic N) is 5. The number of rotatable bonds is 3. The second kappa shape index (κ2) is 8.03. The predicted molar refractivity (Wildman–Crippen MR) is 120 cm³/mol. The highest BCUT2D eigenvalue weighted by molar-refractivity contribution is 7.20. The molecule has 0 radical (unpaired) electrons. The number of halogens is 3. The molecular formula is C22H24F3N5O3S.